The topological polar surface area (TPSA) is 77.2 Å². The predicted octanol–water partition coefficient (Wildman–Crippen LogP) is 3.97. The fourth-order valence-electron chi connectivity index (χ4n) is 2.22. The van der Waals surface area contributed by atoms with Crippen molar-refractivity contribution in [2.75, 3.05) is 12.4 Å². The molecule has 6 nitrogen and oxygen atoms in total. The number of carbonyl (C=O) groups is 1. The molecule has 0 aliphatic carbocycles. The molecule has 0 radical (unpaired) electrons. The number of ether oxygens (including phenoxy) is 1. The summed E-state index contributed by atoms with van der Waals surface area (Å²) in [6, 6.07) is 14.4. The van der Waals surface area contributed by atoms with Crippen molar-refractivity contribution in [3.8, 4) is 17.2 Å². The Kier molecular flexibility index (Phi) is 5.30. The van der Waals surface area contributed by atoms with Crippen LogP contribution in [-0.4, -0.2) is 23.2 Å². The molecule has 3 rings (SSSR count). The third-order valence-corrected chi connectivity index (χ3v) is 3.83. The van der Waals surface area contributed by atoms with Gasteiger partial charge in [-0.25, -0.2) is 0 Å². The van der Waals surface area contributed by atoms with E-state index in [9.17, 15) is 4.79 Å². The molecule has 0 fully saturated rings. The van der Waals surface area contributed by atoms with Gasteiger partial charge < -0.3 is 14.5 Å². The van der Waals surface area contributed by atoms with Crippen LogP contribution >= 0.6 is 11.6 Å². The molecule has 0 unspecified atom stereocenters. The van der Waals surface area contributed by atoms with E-state index in [1.54, 1.807) is 37.4 Å². The van der Waals surface area contributed by atoms with Gasteiger partial charge in [-0.2, -0.15) is 0 Å². The van der Waals surface area contributed by atoms with E-state index in [2.05, 4.69) is 15.5 Å². The summed E-state index contributed by atoms with van der Waals surface area (Å²) in [5.74, 6) is 1.32. The smallest absolute Gasteiger partial charge is 0.247 e. The quantitative estimate of drug-likeness (QED) is 0.722. The summed E-state index contributed by atoms with van der Waals surface area (Å²) < 4.78 is 10.8. The van der Waals surface area contributed by atoms with Crippen molar-refractivity contribution in [2.45, 2.75) is 12.8 Å². The van der Waals surface area contributed by atoms with Gasteiger partial charge in [0.05, 0.1) is 17.8 Å². The lowest BCUT2D eigenvalue weighted by molar-refractivity contribution is -0.116. The van der Waals surface area contributed by atoms with E-state index in [-0.39, 0.29) is 12.3 Å². The van der Waals surface area contributed by atoms with Crippen LogP contribution in [0.1, 0.15) is 12.3 Å². The van der Waals surface area contributed by atoms with E-state index in [1.165, 1.54) is 0 Å². The monoisotopic (exact) mass is 357 g/mol. The number of nitrogens with one attached hydrogen (secondary N) is 1. The van der Waals surface area contributed by atoms with Crippen LogP contribution in [0.25, 0.3) is 11.5 Å². The van der Waals surface area contributed by atoms with Crippen LogP contribution in [0.5, 0.6) is 5.75 Å². The van der Waals surface area contributed by atoms with E-state index in [4.69, 9.17) is 20.8 Å². The Morgan fingerprint density at radius 1 is 1.20 bits per heavy atom. The number of hydrogen-bond donors (Lipinski definition) is 1. The number of nitrogens with zero attached hydrogens (tertiary/aromatic N) is 2. The average Bonchev–Trinajstić information content (AvgIpc) is 3.11. The average molecular weight is 358 g/mol. The highest BCUT2D eigenvalue weighted by atomic mass is 35.5. The second-order valence-electron chi connectivity index (χ2n) is 5.26. The normalized spacial score (nSPS) is 10.5. The Morgan fingerprint density at radius 3 is 2.84 bits per heavy atom. The number of aryl methyl sites for hydroxylation is 1. The fraction of sp³-hybridized carbons (Fsp3) is 0.167. The van der Waals surface area contributed by atoms with Crippen LogP contribution in [-0.2, 0) is 11.2 Å². The van der Waals surface area contributed by atoms with Crippen LogP contribution in [0.4, 0.5) is 5.69 Å². The van der Waals surface area contributed by atoms with Crippen molar-refractivity contribution >= 4 is 23.2 Å². The molecule has 25 heavy (non-hydrogen) atoms. The van der Waals surface area contributed by atoms with Crippen molar-refractivity contribution in [1.82, 2.24) is 10.2 Å². The summed E-state index contributed by atoms with van der Waals surface area (Å²) in [5.41, 5.74) is 1.34. The van der Waals surface area contributed by atoms with Gasteiger partial charge in [0.15, 0.2) is 0 Å². The molecule has 1 amide bonds. The second-order valence-corrected chi connectivity index (χ2v) is 5.67. The maximum atomic E-state index is 12.0. The third kappa shape index (κ3) is 4.36. The maximum absolute atomic E-state index is 12.0. The minimum absolute atomic E-state index is 0.172. The highest BCUT2D eigenvalue weighted by Crippen LogP contribution is 2.23. The number of para-hydroxylation sites is 1. The van der Waals surface area contributed by atoms with E-state index >= 15 is 0 Å². The molecule has 1 N–H and O–H groups in total. The van der Waals surface area contributed by atoms with Gasteiger partial charge in [-0.1, -0.05) is 29.8 Å². The summed E-state index contributed by atoms with van der Waals surface area (Å²) in [7, 11) is 1.59. The molecule has 0 atom stereocenters. The summed E-state index contributed by atoms with van der Waals surface area (Å²) in [6.45, 7) is 0. The van der Waals surface area contributed by atoms with Gasteiger partial charge in [-0.3, -0.25) is 4.79 Å². The van der Waals surface area contributed by atoms with Gasteiger partial charge in [0.1, 0.15) is 5.75 Å². The first-order chi connectivity index (χ1) is 12.2. The zero-order chi connectivity index (χ0) is 17.6. The number of carbonyl (C=O) groups excluding carboxylic acids is 1. The van der Waals surface area contributed by atoms with Crippen LogP contribution in [0.2, 0.25) is 5.02 Å². The molecule has 0 bridgehead atoms. The number of anilines is 1. The fourth-order valence-corrected chi connectivity index (χ4v) is 2.41. The number of hydrogen-bond acceptors (Lipinski definition) is 5. The molecule has 7 heteroatoms. The largest absolute Gasteiger partial charge is 0.497 e. The molecule has 3 aromatic rings. The molecule has 0 aliphatic heterocycles. The zero-order valence-corrected chi connectivity index (χ0v) is 14.3. The molecule has 0 saturated carbocycles. The minimum Gasteiger partial charge on any atom is -0.497 e. The van der Waals surface area contributed by atoms with Gasteiger partial charge in [0.2, 0.25) is 17.7 Å². The minimum atomic E-state index is -0.172. The molecule has 0 saturated heterocycles. The number of amides is 1. The Labute approximate surface area is 149 Å². The predicted molar refractivity (Wildman–Crippen MR) is 94.7 cm³/mol. The van der Waals surface area contributed by atoms with Crippen molar-refractivity contribution in [3.63, 3.8) is 0 Å². The van der Waals surface area contributed by atoms with E-state index < -0.39 is 0 Å². The van der Waals surface area contributed by atoms with Crippen LogP contribution in [0, 0.1) is 0 Å². The molecule has 1 heterocycles. The molecular weight excluding hydrogens is 342 g/mol. The lowest BCUT2D eigenvalue weighted by Gasteiger charge is -2.05. The van der Waals surface area contributed by atoms with E-state index in [0.29, 0.717) is 34.7 Å². The van der Waals surface area contributed by atoms with E-state index in [1.807, 2.05) is 18.2 Å². The highest BCUT2D eigenvalue weighted by molar-refractivity contribution is 6.33. The van der Waals surface area contributed by atoms with Gasteiger partial charge in [0.25, 0.3) is 0 Å². The van der Waals surface area contributed by atoms with Crippen LogP contribution < -0.4 is 10.1 Å². The standard InChI is InChI=1S/C18H16ClN3O3/c1-24-13-6-4-5-12(11-13)18-22-21-17(25-18)10-9-16(23)20-15-8-3-2-7-14(15)19/h2-8,11H,9-10H2,1H3,(H,20,23). The molecule has 128 valence electrons. The summed E-state index contributed by atoms with van der Waals surface area (Å²) in [6.07, 6.45) is 0.554. The van der Waals surface area contributed by atoms with Gasteiger partial charge in [0, 0.05) is 18.4 Å². The molecule has 0 spiro atoms. The lowest BCUT2D eigenvalue weighted by Crippen LogP contribution is -2.12. The maximum Gasteiger partial charge on any atom is 0.247 e. The van der Waals surface area contributed by atoms with Crippen LogP contribution in [0.15, 0.2) is 52.9 Å². The SMILES string of the molecule is COc1cccc(-c2nnc(CCC(=O)Nc3ccccc3Cl)o2)c1. The molecule has 2 aromatic carbocycles. The Balaban J connectivity index is 1.60. The second kappa shape index (κ2) is 7.81. The Morgan fingerprint density at radius 2 is 2.04 bits per heavy atom. The van der Waals surface area contributed by atoms with E-state index in [0.717, 1.165) is 5.56 Å². The molecule has 1 aromatic heterocycles. The highest BCUT2D eigenvalue weighted by Gasteiger charge is 2.12. The first kappa shape index (κ1) is 17.0. The molecule has 0 aliphatic rings. The zero-order valence-electron chi connectivity index (χ0n) is 13.5. The van der Waals surface area contributed by atoms with Gasteiger partial charge >= 0.3 is 0 Å². The number of aromatic nitrogens is 2. The summed E-state index contributed by atoms with van der Waals surface area (Å²) in [5, 5.41) is 11.2. The first-order valence-electron chi connectivity index (χ1n) is 7.67. The van der Waals surface area contributed by atoms with Gasteiger partial charge in [-0.05, 0) is 30.3 Å². The summed E-state index contributed by atoms with van der Waals surface area (Å²) >= 11 is 6.02. The third-order valence-electron chi connectivity index (χ3n) is 3.50. The number of halogens is 1. The van der Waals surface area contributed by atoms with Crippen molar-refractivity contribution in [2.24, 2.45) is 0 Å². The number of benzene rings is 2. The van der Waals surface area contributed by atoms with Crippen molar-refractivity contribution < 1.29 is 13.9 Å². The first-order valence-corrected chi connectivity index (χ1v) is 8.04. The summed E-state index contributed by atoms with van der Waals surface area (Å²) in [4.78, 5) is 12.0. The van der Waals surface area contributed by atoms with Crippen molar-refractivity contribution in [1.29, 1.82) is 0 Å². The lowest BCUT2D eigenvalue weighted by atomic mass is 10.2. The Bertz CT molecular complexity index is 879. The van der Waals surface area contributed by atoms with Gasteiger partial charge in [-0.15, -0.1) is 10.2 Å². The number of methoxy groups -OCH3 is 1. The van der Waals surface area contributed by atoms with Crippen molar-refractivity contribution in [3.05, 3.63) is 59.4 Å². The molecular formula is C18H16ClN3O3. The number of rotatable bonds is 6. The Hall–Kier alpha value is -2.86. The van der Waals surface area contributed by atoms with Crippen LogP contribution in [0.3, 0.4) is 0 Å².